The van der Waals surface area contributed by atoms with Gasteiger partial charge in [0.15, 0.2) is 0 Å². The first kappa shape index (κ1) is 11.9. The number of nitrogens with zero attached hydrogens (tertiary/aromatic N) is 1. The van der Waals surface area contributed by atoms with Gasteiger partial charge in [-0.05, 0) is 25.0 Å². The number of carbonyl (C=O) groups is 1. The maximum atomic E-state index is 12.1. The van der Waals surface area contributed by atoms with Gasteiger partial charge in [0.2, 0.25) is 0 Å². The van der Waals surface area contributed by atoms with Crippen LogP contribution in [0.5, 0.6) is 0 Å². The topological polar surface area (TPSA) is 59.3 Å². The van der Waals surface area contributed by atoms with E-state index in [1.54, 1.807) is 10.6 Å². The minimum absolute atomic E-state index is 0.134. The summed E-state index contributed by atoms with van der Waals surface area (Å²) in [6.07, 6.45) is 1.93. The minimum Gasteiger partial charge on any atom is -0.477 e. The van der Waals surface area contributed by atoms with Gasteiger partial charge in [-0.15, -0.1) is 0 Å². The van der Waals surface area contributed by atoms with E-state index >= 15 is 0 Å². The second-order valence-corrected chi connectivity index (χ2v) is 5.59. The summed E-state index contributed by atoms with van der Waals surface area (Å²) in [6.45, 7) is 6.09. The lowest BCUT2D eigenvalue weighted by atomic mass is 9.90. The van der Waals surface area contributed by atoms with E-state index in [9.17, 15) is 9.59 Å². The minimum atomic E-state index is -1.15. The van der Waals surface area contributed by atoms with Crippen molar-refractivity contribution in [1.29, 1.82) is 0 Å². The molecule has 17 heavy (non-hydrogen) atoms. The Morgan fingerprint density at radius 2 is 1.94 bits per heavy atom. The highest BCUT2D eigenvalue weighted by Crippen LogP contribution is 2.37. The second-order valence-electron chi connectivity index (χ2n) is 5.59. The van der Waals surface area contributed by atoms with E-state index in [1.165, 1.54) is 6.07 Å². The lowest BCUT2D eigenvalue weighted by Crippen LogP contribution is -2.32. The van der Waals surface area contributed by atoms with Gasteiger partial charge in [-0.1, -0.05) is 20.8 Å². The maximum Gasteiger partial charge on any atom is 0.341 e. The van der Waals surface area contributed by atoms with Crippen LogP contribution in [0.25, 0.3) is 0 Å². The fourth-order valence-corrected chi connectivity index (χ4v) is 2.02. The highest BCUT2D eigenvalue weighted by molar-refractivity contribution is 5.87. The largest absolute Gasteiger partial charge is 0.477 e. The Hall–Kier alpha value is -1.58. The zero-order valence-corrected chi connectivity index (χ0v) is 10.4. The number of hydrogen-bond acceptors (Lipinski definition) is 2. The second kappa shape index (κ2) is 3.72. The van der Waals surface area contributed by atoms with Crippen molar-refractivity contribution < 1.29 is 9.90 Å². The Bertz CT molecular complexity index is 518. The maximum absolute atomic E-state index is 12.1. The number of rotatable bonds is 2. The smallest absolute Gasteiger partial charge is 0.341 e. The van der Waals surface area contributed by atoms with Gasteiger partial charge < -0.3 is 9.67 Å². The molecule has 0 saturated heterocycles. The van der Waals surface area contributed by atoms with Crippen LogP contribution >= 0.6 is 0 Å². The monoisotopic (exact) mass is 235 g/mol. The van der Waals surface area contributed by atoms with Gasteiger partial charge in [0.25, 0.3) is 5.56 Å². The normalized spacial score (nSPS) is 15.9. The van der Waals surface area contributed by atoms with Gasteiger partial charge >= 0.3 is 5.97 Å². The zero-order chi connectivity index (χ0) is 12.8. The third kappa shape index (κ3) is 2.12. The molecule has 4 heteroatoms. The lowest BCUT2D eigenvalue weighted by molar-refractivity contribution is 0.0694. The first-order valence-corrected chi connectivity index (χ1v) is 5.81. The van der Waals surface area contributed by atoms with Crippen molar-refractivity contribution in [3.63, 3.8) is 0 Å². The number of pyridine rings is 1. The quantitative estimate of drug-likeness (QED) is 0.854. The van der Waals surface area contributed by atoms with Crippen molar-refractivity contribution >= 4 is 5.97 Å². The third-order valence-corrected chi connectivity index (χ3v) is 3.03. The van der Waals surface area contributed by atoms with Gasteiger partial charge in [-0.3, -0.25) is 4.79 Å². The van der Waals surface area contributed by atoms with Gasteiger partial charge in [-0.25, -0.2) is 4.79 Å². The summed E-state index contributed by atoms with van der Waals surface area (Å²) in [6, 6.07) is 3.38. The van der Waals surface area contributed by atoms with Crippen LogP contribution in [0.2, 0.25) is 0 Å². The summed E-state index contributed by atoms with van der Waals surface area (Å²) in [5.41, 5.74) is 0.256. The summed E-state index contributed by atoms with van der Waals surface area (Å²) >= 11 is 0. The standard InChI is InChI=1S/C13H17NO3/c1-13(2,3)10-7-6-9(12(16)17)11(15)14(10)8-4-5-8/h6-8H,4-5H2,1-3H3,(H,16,17). The first-order chi connectivity index (χ1) is 7.82. The SMILES string of the molecule is CC(C)(C)c1ccc(C(=O)O)c(=O)n1C1CC1. The van der Waals surface area contributed by atoms with Crippen LogP contribution in [0.3, 0.4) is 0 Å². The van der Waals surface area contributed by atoms with E-state index in [0.717, 1.165) is 18.5 Å². The van der Waals surface area contributed by atoms with Crippen LogP contribution in [-0.4, -0.2) is 15.6 Å². The number of carboxylic acid groups (broad SMARTS) is 1. The van der Waals surface area contributed by atoms with Crippen LogP contribution in [0.15, 0.2) is 16.9 Å². The van der Waals surface area contributed by atoms with E-state index in [2.05, 4.69) is 0 Å². The summed E-state index contributed by atoms with van der Waals surface area (Å²) in [7, 11) is 0. The Kier molecular flexibility index (Phi) is 2.60. The van der Waals surface area contributed by atoms with Crippen molar-refractivity contribution in [2.45, 2.75) is 45.1 Å². The molecule has 0 spiro atoms. The first-order valence-electron chi connectivity index (χ1n) is 5.81. The fraction of sp³-hybridized carbons (Fsp3) is 0.538. The molecule has 2 rings (SSSR count). The van der Waals surface area contributed by atoms with Crippen molar-refractivity contribution in [1.82, 2.24) is 4.57 Å². The third-order valence-electron chi connectivity index (χ3n) is 3.03. The molecule has 1 fully saturated rings. The molecule has 1 heterocycles. The lowest BCUT2D eigenvalue weighted by Gasteiger charge is -2.24. The molecule has 92 valence electrons. The van der Waals surface area contributed by atoms with Gasteiger partial charge in [-0.2, -0.15) is 0 Å². The Labute approximate surface area is 99.9 Å². The van der Waals surface area contributed by atoms with E-state index in [0.29, 0.717) is 0 Å². The van der Waals surface area contributed by atoms with Gasteiger partial charge in [0.05, 0.1) is 0 Å². The van der Waals surface area contributed by atoms with Crippen LogP contribution in [-0.2, 0) is 5.41 Å². The van der Waals surface area contributed by atoms with Crippen molar-refractivity contribution in [3.05, 3.63) is 33.7 Å². The van der Waals surface area contributed by atoms with Crippen LogP contribution < -0.4 is 5.56 Å². The molecule has 0 aromatic carbocycles. The summed E-state index contributed by atoms with van der Waals surface area (Å²) < 4.78 is 1.67. The van der Waals surface area contributed by atoms with E-state index in [1.807, 2.05) is 20.8 Å². The van der Waals surface area contributed by atoms with Gasteiger partial charge in [0, 0.05) is 17.2 Å². The molecule has 4 nitrogen and oxygen atoms in total. The summed E-state index contributed by atoms with van der Waals surface area (Å²) in [5.74, 6) is -1.15. The van der Waals surface area contributed by atoms with Gasteiger partial charge in [0.1, 0.15) is 5.56 Å². The van der Waals surface area contributed by atoms with Crippen LogP contribution in [0, 0.1) is 0 Å². The molecule has 0 aliphatic heterocycles. The molecule has 1 aromatic rings. The number of hydrogen-bond donors (Lipinski definition) is 1. The van der Waals surface area contributed by atoms with Crippen molar-refractivity contribution in [2.24, 2.45) is 0 Å². The molecular formula is C13H17NO3. The highest BCUT2D eigenvalue weighted by Gasteiger charge is 2.31. The Morgan fingerprint density at radius 1 is 1.35 bits per heavy atom. The molecule has 1 aromatic heterocycles. The zero-order valence-electron chi connectivity index (χ0n) is 10.4. The van der Waals surface area contributed by atoms with Crippen LogP contribution in [0.1, 0.15) is 55.7 Å². The molecule has 1 saturated carbocycles. The Balaban J connectivity index is 2.68. The molecule has 0 unspecified atom stereocenters. The number of aromatic nitrogens is 1. The molecule has 0 radical (unpaired) electrons. The summed E-state index contributed by atoms with van der Waals surface area (Å²) in [4.78, 5) is 23.1. The predicted molar refractivity (Wildman–Crippen MR) is 64.6 cm³/mol. The van der Waals surface area contributed by atoms with Crippen molar-refractivity contribution in [3.8, 4) is 0 Å². The molecular weight excluding hydrogens is 218 g/mol. The molecule has 1 aliphatic rings. The van der Waals surface area contributed by atoms with Crippen LogP contribution in [0.4, 0.5) is 0 Å². The van der Waals surface area contributed by atoms with E-state index < -0.39 is 5.97 Å². The molecule has 1 N–H and O–H groups in total. The average molecular weight is 235 g/mol. The highest BCUT2D eigenvalue weighted by atomic mass is 16.4. The summed E-state index contributed by atoms with van der Waals surface area (Å²) in [5, 5.41) is 8.97. The fourth-order valence-electron chi connectivity index (χ4n) is 2.02. The Morgan fingerprint density at radius 3 is 2.35 bits per heavy atom. The van der Waals surface area contributed by atoms with E-state index in [-0.39, 0.29) is 22.6 Å². The predicted octanol–water partition coefficient (Wildman–Crippen LogP) is 2.18. The molecule has 1 aliphatic carbocycles. The number of carboxylic acids is 1. The molecule has 0 atom stereocenters. The van der Waals surface area contributed by atoms with E-state index in [4.69, 9.17) is 5.11 Å². The van der Waals surface area contributed by atoms with Crippen molar-refractivity contribution in [2.75, 3.05) is 0 Å². The number of aromatic carboxylic acids is 1. The molecule has 0 bridgehead atoms. The molecule has 0 amide bonds. The average Bonchev–Trinajstić information content (AvgIpc) is 2.98.